The van der Waals surface area contributed by atoms with Crippen LogP contribution in [0.5, 0.6) is 11.6 Å². The molecule has 132 valence electrons. The summed E-state index contributed by atoms with van der Waals surface area (Å²) in [6.45, 7) is 0. The molecule has 0 bridgehead atoms. The van der Waals surface area contributed by atoms with Crippen molar-refractivity contribution in [3.63, 3.8) is 0 Å². The van der Waals surface area contributed by atoms with E-state index in [2.05, 4.69) is 4.98 Å². The van der Waals surface area contributed by atoms with Gasteiger partial charge in [-0.05, 0) is 47.5 Å². The summed E-state index contributed by atoms with van der Waals surface area (Å²) in [7, 11) is 1.65. The minimum absolute atomic E-state index is 0.00471. The molecule has 1 N–H and O–H groups in total. The molecule has 2 heterocycles. The number of hydrazone groups is 1. The molecule has 1 atom stereocenters. The third kappa shape index (κ3) is 3.25. The molecule has 4 rings (SSSR count). The third-order valence-electron chi connectivity index (χ3n) is 4.26. The lowest BCUT2D eigenvalue weighted by molar-refractivity contribution is 0.415. The van der Waals surface area contributed by atoms with E-state index < -0.39 is 0 Å². The Morgan fingerprint density at radius 3 is 2.50 bits per heavy atom. The monoisotopic (exact) mass is 385 g/mol. The first-order valence-corrected chi connectivity index (χ1v) is 9.31. The van der Waals surface area contributed by atoms with E-state index in [4.69, 9.17) is 21.4 Å². The summed E-state index contributed by atoms with van der Waals surface area (Å²) in [5, 5.41) is 19.3. The molecule has 0 amide bonds. The average molecular weight is 386 g/mol. The Hall–Kier alpha value is -2.57. The number of hydrogen-bond donors (Lipinski definition) is 1. The topological polar surface area (TPSA) is 58.0 Å². The van der Waals surface area contributed by atoms with Gasteiger partial charge < -0.3 is 9.84 Å². The molecule has 0 fully saturated rings. The molecular formula is C19H16ClN3O2S. The van der Waals surface area contributed by atoms with Gasteiger partial charge in [0.15, 0.2) is 0 Å². The molecule has 0 aliphatic carbocycles. The van der Waals surface area contributed by atoms with Crippen LogP contribution in [0.25, 0.3) is 0 Å². The number of hydrogen-bond acceptors (Lipinski definition) is 6. The number of rotatable bonds is 4. The van der Waals surface area contributed by atoms with Crippen LogP contribution in [0.1, 0.15) is 23.6 Å². The Morgan fingerprint density at radius 1 is 1.15 bits per heavy atom. The van der Waals surface area contributed by atoms with Crippen LogP contribution in [0, 0.1) is 0 Å². The summed E-state index contributed by atoms with van der Waals surface area (Å²) in [6, 6.07) is 15.6. The SMILES string of the molecule is COc1ccc(C2=NN(c3nc(O)cs3)C(c3ccc(Cl)cc3)C2)cc1. The zero-order valence-electron chi connectivity index (χ0n) is 14.0. The predicted octanol–water partition coefficient (Wildman–Crippen LogP) is 4.87. The van der Waals surface area contributed by atoms with Gasteiger partial charge >= 0.3 is 0 Å². The molecule has 0 saturated carbocycles. The Kier molecular flexibility index (Phi) is 4.53. The van der Waals surface area contributed by atoms with E-state index in [1.165, 1.54) is 11.3 Å². The van der Waals surface area contributed by atoms with Gasteiger partial charge in [-0.1, -0.05) is 35.1 Å². The number of anilines is 1. The second-order valence-corrected chi connectivity index (χ2v) is 7.15. The first-order chi connectivity index (χ1) is 12.6. The summed E-state index contributed by atoms with van der Waals surface area (Å²) >= 11 is 7.39. The van der Waals surface area contributed by atoms with Gasteiger partial charge in [0.2, 0.25) is 11.0 Å². The molecule has 0 radical (unpaired) electrons. The number of nitrogens with zero attached hydrogens (tertiary/aromatic N) is 3. The normalized spacial score (nSPS) is 16.6. The molecule has 26 heavy (non-hydrogen) atoms. The third-order valence-corrected chi connectivity index (χ3v) is 5.33. The zero-order valence-corrected chi connectivity index (χ0v) is 15.5. The Balaban J connectivity index is 1.71. The van der Waals surface area contributed by atoms with Gasteiger partial charge in [0.1, 0.15) is 5.75 Å². The maximum Gasteiger partial charge on any atom is 0.223 e. The molecule has 1 aliphatic rings. The van der Waals surface area contributed by atoms with Gasteiger partial charge in [-0.3, -0.25) is 0 Å². The standard InChI is InChI=1S/C19H16ClN3O2S/c1-25-15-8-4-12(5-9-15)16-10-17(13-2-6-14(20)7-3-13)23(22-16)19-21-18(24)11-26-19/h2-9,11,17,24H,10H2,1H3. The highest BCUT2D eigenvalue weighted by molar-refractivity contribution is 7.13. The van der Waals surface area contributed by atoms with Gasteiger partial charge in [0.25, 0.3) is 0 Å². The molecule has 3 aromatic rings. The largest absolute Gasteiger partial charge is 0.497 e. The van der Waals surface area contributed by atoms with Crippen molar-refractivity contribution in [2.45, 2.75) is 12.5 Å². The van der Waals surface area contributed by atoms with Gasteiger partial charge in [-0.25, -0.2) is 5.01 Å². The molecule has 7 heteroatoms. The first kappa shape index (κ1) is 16.9. The van der Waals surface area contributed by atoms with Crippen LogP contribution >= 0.6 is 22.9 Å². The Bertz CT molecular complexity index is 938. The van der Waals surface area contributed by atoms with Crippen LogP contribution in [-0.4, -0.2) is 22.9 Å². The zero-order chi connectivity index (χ0) is 18.1. The van der Waals surface area contributed by atoms with E-state index in [9.17, 15) is 5.11 Å². The lowest BCUT2D eigenvalue weighted by atomic mass is 9.98. The maximum atomic E-state index is 9.64. The van der Waals surface area contributed by atoms with E-state index >= 15 is 0 Å². The van der Waals surface area contributed by atoms with Crippen molar-refractivity contribution >= 4 is 33.8 Å². The van der Waals surface area contributed by atoms with Crippen LogP contribution < -0.4 is 9.75 Å². The smallest absolute Gasteiger partial charge is 0.223 e. The van der Waals surface area contributed by atoms with Crippen molar-refractivity contribution < 1.29 is 9.84 Å². The van der Waals surface area contributed by atoms with Crippen LogP contribution in [0.4, 0.5) is 5.13 Å². The quantitative estimate of drug-likeness (QED) is 0.696. The van der Waals surface area contributed by atoms with Gasteiger partial charge in [-0.2, -0.15) is 10.1 Å². The molecule has 5 nitrogen and oxygen atoms in total. The van der Waals surface area contributed by atoms with Crippen LogP contribution in [0.2, 0.25) is 5.02 Å². The number of aromatic hydroxyl groups is 1. The van der Waals surface area contributed by atoms with Crippen LogP contribution in [0.15, 0.2) is 59.0 Å². The van der Waals surface area contributed by atoms with Crippen molar-refractivity contribution in [2.75, 3.05) is 12.1 Å². The predicted molar refractivity (Wildman–Crippen MR) is 105 cm³/mol. The second-order valence-electron chi connectivity index (χ2n) is 5.88. The summed E-state index contributed by atoms with van der Waals surface area (Å²) in [5.41, 5.74) is 3.09. The summed E-state index contributed by atoms with van der Waals surface area (Å²) < 4.78 is 5.23. The number of benzene rings is 2. The molecule has 1 aliphatic heterocycles. The molecule has 0 saturated heterocycles. The molecule has 0 spiro atoms. The van der Waals surface area contributed by atoms with E-state index in [-0.39, 0.29) is 11.9 Å². The fourth-order valence-corrected chi connectivity index (χ4v) is 3.76. The Labute approximate surface area is 160 Å². The average Bonchev–Trinajstić information content (AvgIpc) is 3.29. The number of aromatic nitrogens is 1. The number of thiazole rings is 1. The van der Waals surface area contributed by atoms with Gasteiger partial charge in [0, 0.05) is 11.4 Å². The molecule has 1 aromatic heterocycles. The molecule has 2 aromatic carbocycles. The van der Waals surface area contributed by atoms with Crippen LogP contribution in [0.3, 0.4) is 0 Å². The van der Waals surface area contributed by atoms with E-state index in [1.54, 1.807) is 12.5 Å². The van der Waals surface area contributed by atoms with Crippen molar-refractivity contribution in [1.29, 1.82) is 0 Å². The molecule has 1 unspecified atom stereocenters. The highest BCUT2D eigenvalue weighted by Gasteiger charge is 2.31. The van der Waals surface area contributed by atoms with Crippen molar-refractivity contribution in [3.8, 4) is 11.6 Å². The highest BCUT2D eigenvalue weighted by Crippen LogP contribution is 2.39. The van der Waals surface area contributed by atoms with Crippen molar-refractivity contribution in [3.05, 3.63) is 70.1 Å². The number of methoxy groups -OCH3 is 1. The van der Waals surface area contributed by atoms with Crippen LogP contribution in [-0.2, 0) is 0 Å². The first-order valence-electron chi connectivity index (χ1n) is 8.05. The lowest BCUT2D eigenvalue weighted by Gasteiger charge is -2.21. The number of halogens is 1. The summed E-state index contributed by atoms with van der Waals surface area (Å²) in [4.78, 5) is 4.19. The molecular weight excluding hydrogens is 370 g/mol. The van der Waals surface area contributed by atoms with E-state index in [0.717, 1.165) is 29.0 Å². The highest BCUT2D eigenvalue weighted by atomic mass is 35.5. The summed E-state index contributed by atoms with van der Waals surface area (Å²) in [6.07, 6.45) is 0.730. The maximum absolute atomic E-state index is 9.64. The fraction of sp³-hybridized carbons (Fsp3) is 0.158. The van der Waals surface area contributed by atoms with E-state index in [0.29, 0.717) is 10.2 Å². The van der Waals surface area contributed by atoms with Gasteiger partial charge in [-0.15, -0.1) is 0 Å². The fourth-order valence-electron chi connectivity index (χ4n) is 2.95. The van der Waals surface area contributed by atoms with Gasteiger partial charge in [0.05, 0.1) is 24.2 Å². The number of ether oxygens (including phenoxy) is 1. The second kappa shape index (κ2) is 6.97. The minimum atomic E-state index is -0.00471. The lowest BCUT2D eigenvalue weighted by Crippen LogP contribution is -2.18. The Morgan fingerprint density at radius 2 is 1.88 bits per heavy atom. The minimum Gasteiger partial charge on any atom is -0.497 e. The van der Waals surface area contributed by atoms with Crippen molar-refractivity contribution in [2.24, 2.45) is 5.10 Å². The van der Waals surface area contributed by atoms with Crippen molar-refractivity contribution in [1.82, 2.24) is 4.98 Å². The summed E-state index contributed by atoms with van der Waals surface area (Å²) in [5.74, 6) is 0.816. The van der Waals surface area contributed by atoms with E-state index in [1.807, 2.05) is 53.5 Å².